The average molecular weight is 240 g/mol. The fourth-order valence-corrected chi connectivity index (χ4v) is 2.91. The van der Waals surface area contributed by atoms with Crippen molar-refractivity contribution in [2.24, 2.45) is 0 Å². The van der Waals surface area contributed by atoms with E-state index in [1.807, 2.05) is 11.9 Å². The van der Waals surface area contributed by atoms with Crippen molar-refractivity contribution >= 4 is 17.5 Å². The van der Waals surface area contributed by atoms with Gasteiger partial charge in [0.2, 0.25) is 0 Å². The molecule has 0 aromatic carbocycles. The number of rotatable bonds is 2. The monoisotopic (exact) mass is 240 g/mol. The van der Waals surface area contributed by atoms with Gasteiger partial charge in [-0.1, -0.05) is 0 Å². The molecule has 86 valence electrons. The highest BCUT2D eigenvalue weighted by atomic mass is 32.2. The number of carbonyl (C=O) groups is 1. The van der Waals surface area contributed by atoms with Gasteiger partial charge in [-0.15, -0.1) is 0 Å². The maximum atomic E-state index is 13.0. The van der Waals surface area contributed by atoms with E-state index in [9.17, 15) is 9.18 Å². The molecule has 0 aliphatic carbocycles. The van der Waals surface area contributed by atoms with E-state index in [-0.39, 0.29) is 11.8 Å². The van der Waals surface area contributed by atoms with Crippen molar-refractivity contribution in [2.75, 3.05) is 25.1 Å². The van der Waals surface area contributed by atoms with Gasteiger partial charge in [-0.05, 0) is 13.1 Å². The molecule has 1 aromatic heterocycles. The molecular weight excluding hydrogens is 227 g/mol. The number of likely N-dealkylation sites (N-methyl/N-ethyl adjacent to an activating group) is 1. The van der Waals surface area contributed by atoms with Crippen molar-refractivity contribution in [2.45, 2.75) is 6.04 Å². The molecule has 16 heavy (non-hydrogen) atoms. The van der Waals surface area contributed by atoms with Gasteiger partial charge in [0.15, 0.2) is 5.78 Å². The Balaban J connectivity index is 2.17. The number of nitrogens with zero attached hydrogens (tertiary/aromatic N) is 2. The first-order valence-corrected chi connectivity index (χ1v) is 6.26. The lowest BCUT2D eigenvalue weighted by Gasteiger charge is -2.30. The Hall–Kier alpha value is -0.940. The molecule has 0 amide bonds. The van der Waals surface area contributed by atoms with Gasteiger partial charge in [-0.3, -0.25) is 14.7 Å². The number of halogens is 1. The summed E-state index contributed by atoms with van der Waals surface area (Å²) in [5.74, 6) is 1.31. The molecule has 1 unspecified atom stereocenters. The van der Waals surface area contributed by atoms with Crippen LogP contribution in [0.3, 0.4) is 0 Å². The molecule has 1 aromatic rings. The third-order valence-electron chi connectivity index (χ3n) is 2.69. The first-order chi connectivity index (χ1) is 7.68. The zero-order chi connectivity index (χ0) is 11.5. The van der Waals surface area contributed by atoms with Crippen LogP contribution >= 0.6 is 11.8 Å². The standard InChI is InChI=1S/C11H13FN2OS/c1-14-2-3-16-7-10(14)11(15)8-4-9(12)6-13-5-8/h4-6,10H,2-3,7H2,1H3. The summed E-state index contributed by atoms with van der Waals surface area (Å²) >= 11 is 1.76. The summed E-state index contributed by atoms with van der Waals surface area (Å²) in [6.45, 7) is 0.893. The number of aromatic nitrogens is 1. The molecule has 1 aliphatic heterocycles. The molecule has 0 N–H and O–H groups in total. The van der Waals surface area contributed by atoms with E-state index in [4.69, 9.17) is 0 Å². The molecular formula is C11H13FN2OS. The van der Waals surface area contributed by atoms with Crippen LogP contribution < -0.4 is 0 Å². The molecule has 0 saturated carbocycles. The first-order valence-electron chi connectivity index (χ1n) is 5.11. The number of hydrogen-bond donors (Lipinski definition) is 0. The Morgan fingerprint density at radius 2 is 2.44 bits per heavy atom. The Kier molecular flexibility index (Phi) is 3.56. The van der Waals surface area contributed by atoms with Crippen LogP contribution in [0.5, 0.6) is 0 Å². The number of thioether (sulfide) groups is 1. The van der Waals surface area contributed by atoms with Crippen LogP contribution in [-0.4, -0.2) is 46.8 Å². The van der Waals surface area contributed by atoms with Gasteiger partial charge in [0.25, 0.3) is 0 Å². The maximum Gasteiger partial charge on any atom is 0.182 e. The second-order valence-electron chi connectivity index (χ2n) is 3.83. The van der Waals surface area contributed by atoms with E-state index < -0.39 is 5.82 Å². The van der Waals surface area contributed by atoms with Gasteiger partial charge in [-0.25, -0.2) is 4.39 Å². The summed E-state index contributed by atoms with van der Waals surface area (Å²) in [6, 6.07) is 1.10. The predicted molar refractivity (Wildman–Crippen MR) is 62.3 cm³/mol. The average Bonchev–Trinajstić information content (AvgIpc) is 2.29. The van der Waals surface area contributed by atoms with Gasteiger partial charge in [0, 0.05) is 29.8 Å². The molecule has 0 spiro atoms. The van der Waals surface area contributed by atoms with Crippen LogP contribution in [0, 0.1) is 5.82 Å². The van der Waals surface area contributed by atoms with Gasteiger partial charge < -0.3 is 0 Å². The number of ketones is 1. The fourth-order valence-electron chi connectivity index (χ4n) is 1.70. The zero-order valence-corrected chi connectivity index (χ0v) is 9.84. The normalized spacial score (nSPS) is 22.0. The van der Waals surface area contributed by atoms with Crippen LogP contribution in [0.25, 0.3) is 0 Å². The van der Waals surface area contributed by atoms with Crippen LogP contribution in [0.4, 0.5) is 4.39 Å². The van der Waals surface area contributed by atoms with Gasteiger partial charge in [0.1, 0.15) is 5.82 Å². The molecule has 2 rings (SSSR count). The van der Waals surface area contributed by atoms with E-state index in [0.717, 1.165) is 24.2 Å². The lowest BCUT2D eigenvalue weighted by molar-refractivity contribution is 0.0873. The number of Topliss-reactive ketones (excluding diaryl/α,β-unsaturated/α-hetero) is 1. The predicted octanol–water partition coefficient (Wildman–Crippen LogP) is 1.45. The Morgan fingerprint density at radius 1 is 1.62 bits per heavy atom. The second kappa shape index (κ2) is 4.93. The van der Waals surface area contributed by atoms with Crippen molar-refractivity contribution in [3.63, 3.8) is 0 Å². The highest BCUT2D eigenvalue weighted by Gasteiger charge is 2.27. The summed E-state index contributed by atoms with van der Waals surface area (Å²) in [4.78, 5) is 17.8. The Bertz CT molecular complexity index is 399. The highest BCUT2D eigenvalue weighted by Crippen LogP contribution is 2.18. The minimum atomic E-state index is -0.461. The van der Waals surface area contributed by atoms with Crippen LogP contribution in [0.15, 0.2) is 18.5 Å². The quantitative estimate of drug-likeness (QED) is 0.733. The highest BCUT2D eigenvalue weighted by molar-refractivity contribution is 7.99. The van der Waals surface area contributed by atoms with Crippen molar-refractivity contribution in [1.29, 1.82) is 0 Å². The fraction of sp³-hybridized carbons (Fsp3) is 0.455. The molecule has 1 saturated heterocycles. The minimum absolute atomic E-state index is 0.0401. The van der Waals surface area contributed by atoms with Crippen LogP contribution in [0.1, 0.15) is 10.4 Å². The maximum absolute atomic E-state index is 13.0. The van der Waals surface area contributed by atoms with Gasteiger partial charge in [0.05, 0.1) is 12.2 Å². The molecule has 0 bridgehead atoms. The summed E-state index contributed by atoms with van der Waals surface area (Å²) in [5, 5.41) is 0. The van der Waals surface area contributed by atoms with Gasteiger partial charge >= 0.3 is 0 Å². The third kappa shape index (κ3) is 2.41. The minimum Gasteiger partial charge on any atom is -0.295 e. The number of carbonyl (C=O) groups excluding carboxylic acids is 1. The first kappa shape index (κ1) is 11.5. The molecule has 1 atom stereocenters. The molecule has 1 aliphatic rings. The van der Waals surface area contributed by atoms with E-state index in [2.05, 4.69) is 4.98 Å². The second-order valence-corrected chi connectivity index (χ2v) is 4.98. The Morgan fingerprint density at radius 3 is 3.12 bits per heavy atom. The van der Waals surface area contributed by atoms with Crippen molar-refractivity contribution in [1.82, 2.24) is 9.88 Å². The zero-order valence-electron chi connectivity index (χ0n) is 9.02. The van der Waals surface area contributed by atoms with Crippen molar-refractivity contribution in [3.05, 3.63) is 29.8 Å². The topological polar surface area (TPSA) is 33.2 Å². The largest absolute Gasteiger partial charge is 0.295 e. The number of hydrogen-bond acceptors (Lipinski definition) is 4. The van der Waals surface area contributed by atoms with Crippen molar-refractivity contribution < 1.29 is 9.18 Å². The van der Waals surface area contributed by atoms with E-state index in [1.165, 1.54) is 12.3 Å². The lowest BCUT2D eigenvalue weighted by Crippen LogP contribution is -2.44. The SMILES string of the molecule is CN1CCSCC1C(=O)c1cncc(F)c1. The van der Waals surface area contributed by atoms with E-state index >= 15 is 0 Å². The summed E-state index contributed by atoms with van der Waals surface area (Å²) in [7, 11) is 1.93. The molecule has 1 fully saturated rings. The van der Waals surface area contributed by atoms with E-state index in [0.29, 0.717) is 5.56 Å². The molecule has 5 heteroatoms. The van der Waals surface area contributed by atoms with Crippen molar-refractivity contribution in [3.8, 4) is 0 Å². The third-order valence-corrected chi connectivity index (χ3v) is 3.71. The molecule has 0 radical (unpaired) electrons. The number of pyridine rings is 1. The Labute approximate surface area is 98.0 Å². The van der Waals surface area contributed by atoms with Crippen LogP contribution in [-0.2, 0) is 0 Å². The molecule has 3 nitrogen and oxygen atoms in total. The summed E-state index contributed by atoms with van der Waals surface area (Å²) < 4.78 is 13.0. The van der Waals surface area contributed by atoms with E-state index in [1.54, 1.807) is 11.8 Å². The lowest BCUT2D eigenvalue weighted by atomic mass is 10.1. The smallest absolute Gasteiger partial charge is 0.182 e. The van der Waals surface area contributed by atoms with Crippen LogP contribution in [0.2, 0.25) is 0 Å². The molecule has 2 heterocycles. The summed E-state index contributed by atoms with van der Waals surface area (Å²) in [6.07, 6.45) is 2.54. The van der Waals surface area contributed by atoms with Gasteiger partial charge in [-0.2, -0.15) is 11.8 Å². The summed E-state index contributed by atoms with van der Waals surface area (Å²) in [5.41, 5.74) is 0.361.